The molecule has 4 nitrogen and oxygen atoms in total. The van der Waals surface area contributed by atoms with E-state index in [1.165, 1.54) is 29.1 Å². The Morgan fingerprint density at radius 3 is 2.67 bits per heavy atom. The van der Waals surface area contributed by atoms with Gasteiger partial charge in [-0.2, -0.15) is 0 Å². The van der Waals surface area contributed by atoms with Crippen LogP contribution in [0.4, 0.5) is 5.69 Å². The van der Waals surface area contributed by atoms with Crippen molar-refractivity contribution in [3.8, 4) is 5.75 Å². The number of aliphatic imine (C=N–C) groups is 1. The van der Waals surface area contributed by atoms with Crippen LogP contribution in [0.5, 0.6) is 5.75 Å². The van der Waals surface area contributed by atoms with Crippen molar-refractivity contribution in [1.29, 1.82) is 0 Å². The summed E-state index contributed by atoms with van der Waals surface area (Å²) in [7, 11) is 1.72. The summed E-state index contributed by atoms with van der Waals surface area (Å²) in [4.78, 5) is 9.91. The quantitative estimate of drug-likeness (QED) is 0.851. The minimum atomic E-state index is 0.384. The molecule has 1 fully saturated rings. The zero-order valence-electron chi connectivity index (χ0n) is 13.9. The topological polar surface area (TPSA) is 28.1 Å². The van der Waals surface area contributed by atoms with Gasteiger partial charge in [0.05, 0.1) is 13.7 Å². The zero-order valence-corrected chi connectivity index (χ0v) is 13.9. The summed E-state index contributed by atoms with van der Waals surface area (Å²) in [5.74, 6) is 2.62. The second-order valence-corrected chi connectivity index (χ2v) is 6.69. The summed E-state index contributed by atoms with van der Waals surface area (Å²) in [6.45, 7) is 3.03. The first-order valence-electron chi connectivity index (χ1n) is 8.68. The number of para-hydroxylation sites is 1. The predicted octanol–water partition coefficient (Wildman–Crippen LogP) is 3.09. The number of methoxy groups -OCH3 is 1. The molecule has 3 heterocycles. The molecule has 2 unspecified atom stereocenters. The highest BCUT2D eigenvalue weighted by Gasteiger charge is 2.45. The number of fused-ring (bicyclic) bond motifs is 6. The summed E-state index contributed by atoms with van der Waals surface area (Å²) < 4.78 is 5.31. The maximum absolute atomic E-state index is 5.31. The Morgan fingerprint density at radius 2 is 1.83 bits per heavy atom. The van der Waals surface area contributed by atoms with Crippen molar-refractivity contribution < 1.29 is 4.74 Å². The summed E-state index contributed by atoms with van der Waals surface area (Å²) in [6, 6.07) is 17.3. The van der Waals surface area contributed by atoms with E-state index in [0.29, 0.717) is 12.1 Å². The predicted molar refractivity (Wildman–Crippen MR) is 96.0 cm³/mol. The van der Waals surface area contributed by atoms with Gasteiger partial charge in [-0.15, -0.1) is 0 Å². The molecule has 24 heavy (non-hydrogen) atoms. The zero-order chi connectivity index (χ0) is 16.1. The standard InChI is InChI=1S/C20H21N3O/c1-24-15-8-6-14(7-9-15)16-10-12-22-18-5-3-2-4-17(18)19-21-11-13-23(19)20(16)22/h2-9,16,20H,10-13H2,1H3. The van der Waals surface area contributed by atoms with Crippen LogP contribution in [0.2, 0.25) is 0 Å². The molecule has 3 aliphatic heterocycles. The van der Waals surface area contributed by atoms with Crippen LogP contribution in [0.3, 0.4) is 0 Å². The normalized spacial score (nSPS) is 24.3. The van der Waals surface area contributed by atoms with E-state index in [9.17, 15) is 0 Å². The van der Waals surface area contributed by atoms with E-state index in [1.807, 2.05) is 0 Å². The van der Waals surface area contributed by atoms with E-state index in [1.54, 1.807) is 7.11 Å². The number of hydrogen-bond donors (Lipinski definition) is 0. The minimum absolute atomic E-state index is 0.384. The van der Waals surface area contributed by atoms with E-state index in [2.05, 4.69) is 58.3 Å². The molecule has 2 aromatic carbocycles. The first-order valence-corrected chi connectivity index (χ1v) is 8.68. The maximum atomic E-state index is 5.31. The van der Waals surface area contributed by atoms with Crippen LogP contribution in [-0.2, 0) is 0 Å². The van der Waals surface area contributed by atoms with E-state index < -0.39 is 0 Å². The lowest BCUT2D eigenvalue weighted by molar-refractivity contribution is 0.310. The molecule has 2 atom stereocenters. The Balaban J connectivity index is 1.57. The van der Waals surface area contributed by atoms with E-state index >= 15 is 0 Å². The number of amidine groups is 1. The molecule has 0 aromatic heterocycles. The number of anilines is 1. The summed E-state index contributed by atoms with van der Waals surface area (Å²) in [6.07, 6.45) is 1.56. The molecule has 0 bridgehead atoms. The lowest BCUT2D eigenvalue weighted by Crippen LogP contribution is -2.53. The van der Waals surface area contributed by atoms with Gasteiger partial charge in [-0.1, -0.05) is 24.3 Å². The number of ether oxygens (including phenoxy) is 1. The van der Waals surface area contributed by atoms with E-state index in [4.69, 9.17) is 9.73 Å². The van der Waals surface area contributed by atoms with Crippen LogP contribution >= 0.6 is 0 Å². The van der Waals surface area contributed by atoms with Crippen molar-refractivity contribution in [2.45, 2.75) is 18.5 Å². The van der Waals surface area contributed by atoms with Crippen molar-refractivity contribution >= 4 is 11.5 Å². The van der Waals surface area contributed by atoms with E-state index in [0.717, 1.165) is 25.4 Å². The molecule has 0 spiro atoms. The average molecular weight is 319 g/mol. The molecule has 2 aromatic rings. The highest BCUT2D eigenvalue weighted by atomic mass is 16.5. The third kappa shape index (κ3) is 1.89. The van der Waals surface area contributed by atoms with E-state index in [-0.39, 0.29) is 0 Å². The van der Waals surface area contributed by atoms with Gasteiger partial charge in [0.15, 0.2) is 0 Å². The molecule has 0 saturated carbocycles. The number of rotatable bonds is 2. The Bertz CT molecular complexity index is 799. The van der Waals surface area contributed by atoms with Crippen LogP contribution in [0, 0.1) is 0 Å². The van der Waals surface area contributed by atoms with Gasteiger partial charge in [0.25, 0.3) is 0 Å². The number of benzene rings is 2. The lowest BCUT2D eigenvalue weighted by Gasteiger charge is -2.43. The molecular weight excluding hydrogens is 298 g/mol. The van der Waals surface area contributed by atoms with Gasteiger partial charge in [-0.05, 0) is 36.2 Å². The summed E-state index contributed by atoms with van der Waals surface area (Å²) in [5.41, 5.74) is 4.03. The fourth-order valence-corrected chi connectivity index (χ4v) is 4.49. The molecule has 0 amide bonds. The van der Waals surface area contributed by atoms with Crippen LogP contribution in [0.25, 0.3) is 0 Å². The van der Waals surface area contributed by atoms with Gasteiger partial charge in [0.1, 0.15) is 17.8 Å². The van der Waals surface area contributed by atoms with Gasteiger partial charge >= 0.3 is 0 Å². The molecule has 0 N–H and O–H groups in total. The van der Waals surface area contributed by atoms with Crippen molar-refractivity contribution in [2.75, 3.05) is 31.6 Å². The number of hydrogen-bond acceptors (Lipinski definition) is 4. The highest BCUT2D eigenvalue weighted by molar-refractivity contribution is 6.06. The molecule has 122 valence electrons. The maximum Gasteiger partial charge on any atom is 0.134 e. The van der Waals surface area contributed by atoms with Crippen LogP contribution in [0.1, 0.15) is 23.5 Å². The van der Waals surface area contributed by atoms with Crippen LogP contribution < -0.4 is 9.64 Å². The second-order valence-electron chi connectivity index (χ2n) is 6.69. The van der Waals surface area contributed by atoms with Gasteiger partial charge in [0, 0.05) is 30.3 Å². The Kier molecular flexibility index (Phi) is 3.05. The smallest absolute Gasteiger partial charge is 0.134 e. The van der Waals surface area contributed by atoms with Crippen molar-refractivity contribution in [3.05, 3.63) is 59.7 Å². The first-order chi connectivity index (χ1) is 11.9. The Labute approximate surface area is 142 Å². The highest BCUT2D eigenvalue weighted by Crippen LogP contribution is 2.44. The van der Waals surface area contributed by atoms with Crippen molar-refractivity contribution in [2.24, 2.45) is 4.99 Å². The van der Waals surface area contributed by atoms with Crippen LogP contribution in [0.15, 0.2) is 53.5 Å². The van der Waals surface area contributed by atoms with Crippen molar-refractivity contribution in [1.82, 2.24) is 4.90 Å². The SMILES string of the molecule is COc1ccc(C2CCN3c4ccccc4C4=NCCN4C23)cc1. The molecule has 3 aliphatic rings. The van der Waals surface area contributed by atoms with Gasteiger partial charge in [0.2, 0.25) is 0 Å². The van der Waals surface area contributed by atoms with Crippen LogP contribution in [-0.4, -0.2) is 43.6 Å². The molecule has 1 saturated heterocycles. The summed E-state index contributed by atoms with van der Waals surface area (Å²) in [5, 5.41) is 0. The lowest BCUT2D eigenvalue weighted by atomic mass is 9.93. The first kappa shape index (κ1) is 13.9. The Morgan fingerprint density at radius 1 is 1.00 bits per heavy atom. The molecule has 4 heteroatoms. The molecule has 0 radical (unpaired) electrons. The van der Waals surface area contributed by atoms with Gasteiger partial charge in [-0.3, -0.25) is 4.99 Å². The second kappa shape index (κ2) is 5.26. The summed E-state index contributed by atoms with van der Waals surface area (Å²) >= 11 is 0. The van der Waals surface area contributed by atoms with Crippen molar-refractivity contribution in [3.63, 3.8) is 0 Å². The average Bonchev–Trinajstić information content (AvgIpc) is 3.29. The van der Waals surface area contributed by atoms with Gasteiger partial charge in [-0.25, -0.2) is 0 Å². The molecule has 5 rings (SSSR count). The monoisotopic (exact) mass is 319 g/mol. The Hall–Kier alpha value is -2.49. The molecular formula is C20H21N3O. The minimum Gasteiger partial charge on any atom is -0.497 e. The van der Waals surface area contributed by atoms with Gasteiger partial charge < -0.3 is 14.5 Å². The third-order valence-corrected chi connectivity index (χ3v) is 5.55. The fraction of sp³-hybridized carbons (Fsp3) is 0.350. The number of nitrogens with zero attached hydrogens (tertiary/aromatic N) is 3. The largest absolute Gasteiger partial charge is 0.497 e. The third-order valence-electron chi connectivity index (χ3n) is 5.55. The molecule has 0 aliphatic carbocycles. The fourth-order valence-electron chi connectivity index (χ4n) is 4.49.